The number of aryl methyl sites for hydroxylation is 2. The Bertz CT molecular complexity index is 975. The average Bonchev–Trinajstić information content (AvgIpc) is 2.67. The summed E-state index contributed by atoms with van der Waals surface area (Å²) in [7, 11) is 0. The van der Waals surface area contributed by atoms with Gasteiger partial charge in [0.05, 0.1) is 6.42 Å². The van der Waals surface area contributed by atoms with Crippen molar-refractivity contribution in [2.75, 3.05) is 0 Å². The second-order valence-corrected chi connectivity index (χ2v) is 6.82. The normalized spacial score (nSPS) is 11.7. The zero-order valence-electron chi connectivity index (χ0n) is 15.8. The monoisotopic (exact) mass is 376 g/mol. The lowest BCUT2D eigenvalue weighted by Gasteiger charge is -2.18. The van der Waals surface area contributed by atoms with Crippen LogP contribution < -0.4 is 0 Å². The molecule has 1 atom stereocenters. The van der Waals surface area contributed by atoms with Crippen LogP contribution in [0.15, 0.2) is 72.8 Å². The summed E-state index contributed by atoms with van der Waals surface area (Å²) in [6, 6.07) is 20.2. The molecule has 142 valence electrons. The number of carbonyl (C=O) groups is 2. The molecule has 3 rings (SSSR count). The minimum absolute atomic E-state index is 0.110. The Morgan fingerprint density at radius 1 is 0.893 bits per heavy atom. The number of rotatable bonds is 6. The van der Waals surface area contributed by atoms with Crippen LogP contribution in [0.3, 0.4) is 0 Å². The van der Waals surface area contributed by atoms with Crippen LogP contribution in [-0.4, -0.2) is 11.8 Å². The van der Waals surface area contributed by atoms with Crippen molar-refractivity contribution in [3.63, 3.8) is 0 Å². The van der Waals surface area contributed by atoms with Crippen LogP contribution >= 0.6 is 0 Å². The van der Waals surface area contributed by atoms with Gasteiger partial charge < -0.3 is 4.74 Å². The molecule has 0 heterocycles. The summed E-state index contributed by atoms with van der Waals surface area (Å²) in [5.41, 5.74) is 3.64. The summed E-state index contributed by atoms with van der Waals surface area (Å²) in [5, 5.41) is 0. The quantitative estimate of drug-likeness (QED) is 0.441. The third kappa shape index (κ3) is 4.92. The Morgan fingerprint density at radius 3 is 2.11 bits per heavy atom. The minimum Gasteiger partial charge on any atom is -0.449 e. The molecule has 0 aliphatic rings. The molecule has 0 aliphatic carbocycles. The number of ketones is 1. The molecule has 0 spiro atoms. The van der Waals surface area contributed by atoms with E-state index in [-0.39, 0.29) is 12.2 Å². The molecule has 3 aromatic rings. The first-order valence-electron chi connectivity index (χ1n) is 9.04. The van der Waals surface area contributed by atoms with Gasteiger partial charge in [-0.05, 0) is 31.5 Å². The van der Waals surface area contributed by atoms with Gasteiger partial charge in [0, 0.05) is 11.1 Å². The number of ether oxygens (including phenoxy) is 1. The van der Waals surface area contributed by atoms with Crippen LogP contribution in [0.5, 0.6) is 0 Å². The SMILES string of the molecule is Cc1ccc(C(=O)[C@H](OC(=O)Cc2cccc(F)c2)c2ccc(C)cc2)cc1. The molecule has 28 heavy (non-hydrogen) atoms. The van der Waals surface area contributed by atoms with Gasteiger partial charge >= 0.3 is 5.97 Å². The molecule has 0 aromatic heterocycles. The number of hydrogen-bond donors (Lipinski definition) is 0. The third-order valence-corrected chi connectivity index (χ3v) is 4.44. The molecule has 3 nitrogen and oxygen atoms in total. The van der Waals surface area contributed by atoms with Gasteiger partial charge in [-0.3, -0.25) is 9.59 Å². The van der Waals surface area contributed by atoms with Gasteiger partial charge in [-0.1, -0.05) is 71.8 Å². The topological polar surface area (TPSA) is 43.4 Å². The van der Waals surface area contributed by atoms with Gasteiger partial charge in [0.25, 0.3) is 0 Å². The number of esters is 1. The number of Topliss-reactive ketones (excluding diaryl/α,β-unsaturated/α-hetero) is 1. The van der Waals surface area contributed by atoms with E-state index in [2.05, 4.69) is 0 Å². The van der Waals surface area contributed by atoms with Gasteiger partial charge in [-0.2, -0.15) is 0 Å². The number of carbonyl (C=O) groups excluding carboxylic acids is 2. The van der Waals surface area contributed by atoms with Crippen molar-refractivity contribution < 1.29 is 18.7 Å². The number of benzene rings is 3. The molecule has 0 amide bonds. The van der Waals surface area contributed by atoms with Crippen LogP contribution in [0, 0.1) is 19.7 Å². The average molecular weight is 376 g/mol. The highest BCUT2D eigenvalue weighted by Gasteiger charge is 2.26. The van der Waals surface area contributed by atoms with Crippen LogP contribution in [-0.2, 0) is 16.0 Å². The first-order chi connectivity index (χ1) is 13.4. The smallest absolute Gasteiger partial charge is 0.311 e. The zero-order valence-corrected chi connectivity index (χ0v) is 15.8. The second-order valence-electron chi connectivity index (χ2n) is 6.82. The lowest BCUT2D eigenvalue weighted by Crippen LogP contribution is -2.21. The molecule has 0 fully saturated rings. The lowest BCUT2D eigenvalue weighted by molar-refractivity contribution is -0.146. The van der Waals surface area contributed by atoms with E-state index >= 15 is 0 Å². The number of halogens is 1. The highest BCUT2D eigenvalue weighted by atomic mass is 19.1. The van der Waals surface area contributed by atoms with Gasteiger partial charge in [-0.25, -0.2) is 4.39 Å². The summed E-state index contributed by atoms with van der Waals surface area (Å²) in [6.07, 6.45) is -1.16. The Hall–Kier alpha value is -3.27. The Morgan fingerprint density at radius 2 is 1.50 bits per heavy atom. The fraction of sp³-hybridized carbons (Fsp3) is 0.167. The van der Waals surface area contributed by atoms with Crippen LogP contribution in [0.25, 0.3) is 0 Å². The molecule has 3 aromatic carbocycles. The van der Waals surface area contributed by atoms with Gasteiger partial charge in [0.15, 0.2) is 6.10 Å². The maximum atomic E-state index is 13.4. The Balaban J connectivity index is 1.85. The second kappa shape index (κ2) is 8.61. The molecule has 0 saturated heterocycles. The largest absolute Gasteiger partial charge is 0.449 e. The Kier molecular flexibility index (Phi) is 5.99. The minimum atomic E-state index is -1.05. The number of hydrogen-bond acceptors (Lipinski definition) is 3. The molecule has 0 saturated carbocycles. The van der Waals surface area contributed by atoms with E-state index in [0.29, 0.717) is 16.7 Å². The van der Waals surface area contributed by atoms with Gasteiger partial charge in [0.1, 0.15) is 5.82 Å². The van der Waals surface area contributed by atoms with Crippen molar-refractivity contribution in [3.05, 3.63) is 106 Å². The van der Waals surface area contributed by atoms with Crippen molar-refractivity contribution >= 4 is 11.8 Å². The maximum Gasteiger partial charge on any atom is 0.311 e. The van der Waals surface area contributed by atoms with E-state index < -0.39 is 17.9 Å². The van der Waals surface area contributed by atoms with Crippen molar-refractivity contribution in [1.82, 2.24) is 0 Å². The molecule has 0 unspecified atom stereocenters. The molecule has 0 aliphatic heterocycles. The summed E-state index contributed by atoms with van der Waals surface area (Å²) in [5.74, 6) is -1.30. The predicted molar refractivity (Wildman–Crippen MR) is 106 cm³/mol. The molecule has 4 heteroatoms. The van der Waals surface area contributed by atoms with E-state index in [1.165, 1.54) is 18.2 Å². The molecule has 0 N–H and O–H groups in total. The summed E-state index contributed by atoms with van der Waals surface area (Å²) >= 11 is 0. The summed E-state index contributed by atoms with van der Waals surface area (Å²) in [6.45, 7) is 3.88. The van der Waals surface area contributed by atoms with Crippen LogP contribution in [0.4, 0.5) is 4.39 Å². The fourth-order valence-corrected chi connectivity index (χ4v) is 2.87. The molecular weight excluding hydrogens is 355 g/mol. The molecule has 0 bridgehead atoms. The van der Waals surface area contributed by atoms with Crippen molar-refractivity contribution in [1.29, 1.82) is 0 Å². The standard InChI is InChI=1S/C24H21FO3/c1-16-6-10-19(11-7-16)23(27)24(20-12-8-17(2)9-13-20)28-22(26)15-18-4-3-5-21(25)14-18/h3-14,24H,15H2,1-2H3/t24-/m1/s1. The van der Waals surface area contributed by atoms with Crippen LogP contribution in [0.2, 0.25) is 0 Å². The van der Waals surface area contributed by atoms with Gasteiger partial charge in [0.2, 0.25) is 5.78 Å². The van der Waals surface area contributed by atoms with Gasteiger partial charge in [-0.15, -0.1) is 0 Å². The first-order valence-corrected chi connectivity index (χ1v) is 9.04. The Labute approximate surface area is 163 Å². The maximum absolute atomic E-state index is 13.4. The van der Waals surface area contributed by atoms with E-state index in [4.69, 9.17) is 4.74 Å². The third-order valence-electron chi connectivity index (χ3n) is 4.44. The zero-order chi connectivity index (χ0) is 20.1. The molecular formula is C24H21FO3. The first kappa shape index (κ1) is 19.5. The predicted octanol–water partition coefficient (Wildman–Crippen LogP) is 5.15. The van der Waals surface area contributed by atoms with Crippen LogP contribution in [0.1, 0.15) is 38.7 Å². The van der Waals surface area contributed by atoms with E-state index in [9.17, 15) is 14.0 Å². The lowest BCUT2D eigenvalue weighted by atomic mass is 9.98. The summed E-state index contributed by atoms with van der Waals surface area (Å²) < 4.78 is 18.9. The van der Waals surface area contributed by atoms with Crippen molar-refractivity contribution in [2.45, 2.75) is 26.4 Å². The highest BCUT2D eigenvalue weighted by Crippen LogP contribution is 2.24. The highest BCUT2D eigenvalue weighted by molar-refractivity contribution is 6.01. The summed E-state index contributed by atoms with van der Waals surface area (Å²) in [4.78, 5) is 25.5. The van der Waals surface area contributed by atoms with E-state index in [1.807, 2.05) is 38.1 Å². The van der Waals surface area contributed by atoms with E-state index in [1.54, 1.807) is 30.3 Å². The molecule has 0 radical (unpaired) electrons. The fourth-order valence-electron chi connectivity index (χ4n) is 2.87. The van der Waals surface area contributed by atoms with Crippen molar-refractivity contribution in [3.8, 4) is 0 Å². The van der Waals surface area contributed by atoms with E-state index in [0.717, 1.165) is 11.1 Å². The van der Waals surface area contributed by atoms with Crippen molar-refractivity contribution in [2.24, 2.45) is 0 Å².